The van der Waals surface area contributed by atoms with Gasteiger partial charge in [-0.05, 0) is 24.6 Å². The lowest BCUT2D eigenvalue weighted by molar-refractivity contribution is 0.445. The Kier molecular flexibility index (Phi) is 5.74. The van der Waals surface area contributed by atoms with E-state index in [9.17, 15) is 0 Å². The number of rotatable bonds is 7. The van der Waals surface area contributed by atoms with Gasteiger partial charge in [-0.1, -0.05) is 43.7 Å². The first-order valence-corrected chi connectivity index (χ1v) is 8.23. The van der Waals surface area contributed by atoms with E-state index < -0.39 is 0 Å². The zero-order valence-corrected chi connectivity index (χ0v) is 13.3. The van der Waals surface area contributed by atoms with Crippen molar-refractivity contribution >= 4 is 11.8 Å². The Morgan fingerprint density at radius 3 is 2.65 bits per heavy atom. The molecule has 0 bridgehead atoms. The van der Waals surface area contributed by atoms with Crippen molar-refractivity contribution in [3.63, 3.8) is 0 Å². The van der Waals surface area contributed by atoms with Crippen LogP contribution in [0.1, 0.15) is 36.5 Å². The van der Waals surface area contributed by atoms with Gasteiger partial charge in [-0.25, -0.2) is 0 Å². The van der Waals surface area contributed by atoms with Crippen LogP contribution in [0.2, 0.25) is 0 Å². The molecule has 2 aromatic rings. The van der Waals surface area contributed by atoms with Gasteiger partial charge in [0.15, 0.2) is 0 Å². The van der Waals surface area contributed by atoms with Gasteiger partial charge in [0.05, 0.1) is 12.3 Å². The van der Waals surface area contributed by atoms with Gasteiger partial charge in [0.25, 0.3) is 0 Å². The molecule has 0 saturated carbocycles. The fourth-order valence-electron chi connectivity index (χ4n) is 1.97. The molecule has 0 unspecified atom stereocenters. The molecule has 0 aliphatic carbocycles. The summed E-state index contributed by atoms with van der Waals surface area (Å²) in [6.45, 7) is 7.22. The van der Waals surface area contributed by atoms with E-state index in [-0.39, 0.29) is 0 Å². The van der Waals surface area contributed by atoms with Gasteiger partial charge in [0, 0.05) is 11.8 Å². The number of benzene rings is 1. The molecule has 1 aromatic carbocycles. The van der Waals surface area contributed by atoms with E-state index in [1.54, 1.807) is 0 Å². The third kappa shape index (κ3) is 5.06. The van der Waals surface area contributed by atoms with Crippen molar-refractivity contribution in [1.82, 2.24) is 5.32 Å². The minimum atomic E-state index is 0.485. The van der Waals surface area contributed by atoms with Crippen molar-refractivity contribution in [3.8, 4) is 0 Å². The summed E-state index contributed by atoms with van der Waals surface area (Å²) in [6, 6.07) is 13.3. The van der Waals surface area contributed by atoms with Crippen LogP contribution in [0.5, 0.6) is 0 Å². The first kappa shape index (κ1) is 15.2. The number of nitrogens with one attached hydrogen (secondary N) is 1. The summed E-state index contributed by atoms with van der Waals surface area (Å²) in [5, 5.41) is 3.36. The van der Waals surface area contributed by atoms with Crippen LogP contribution >= 0.6 is 11.8 Å². The molecular weight excluding hydrogens is 266 g/mol. The fourth-order valence-corrected chi connectivity index (χ4v) is 2.84. The third-order valence-corrected chi connectivity index (χ3v) is 4.02. The average molecular weight is 289 g/mol. The Bertz CT molecular complexity index is 533. The Morgan fingerprint density at radius 1 is 1.10 bits per heavy atom. The van der Waals surface area contributed by atoms with Crippen LogP contribution in [0.25, 0.3) is 0 Å². The van der Waals surface area contributed by atoms with Crippen molar-refractivity contribution < 1.29 is 4.42 Å². The number of furan rings is 1. The van der Waals surface area contributed by atoms with Gasteiger partial charge in [0.2, 0.25) is 0 Å². The smallest absolute Gasteiger partial charge is 0.118 e. The molecule has 1 heterocycles. The molecule has 0 atom stereocenters. The maximum Gasteiger partial charge on any atom is 0.118 e. The second-order valence-corrected chi connectivity index (χ2v) is 6.37. The molecule has 0 amide bonds. The zero-order valence-electron chi connectivity index (χ0n) is 12.5. The van der Waals surface area contributed by atoms with Gasteiger partial charge in [-0.15, -0.1) is 11.8 Å². The van der Waals surface area contributed by atoms with Crippen LogP contribution in [-0.4, -0.2) is 6.04 Å². The first-order chi connectivity index (χ1) is 9.63. The topological polar surface area (TPSA) is 25.2 Å². The Balaban J connectivity index is 1.77. The molecule has 1 aromatic heterocycles. The zero-order chi connectivity index (χ0) is 14.4. The van der Waals surface area contributed by atoms with Crippen molar-refractivity contribution in [2.24, 2.45) is 0 Å². The van der Waals surface area contributed by atoms with Gasteiger partial charge >= 0.3 is 0 Å². The SMILES string of the molecule is Cc1cccc(CSCc2ccc(CNC(C)C)o2)c1. The standard InChI is InChI=1S/C17H23NOS/c1-13(2)18-10-16-7-8-17(19-16)12-20-11-15-6-4-5-14(3)9-15/h4-9,13,18H,10-12H2,1-3H3. The summed E-state index contributed by atoms with van der Waals surface area (Å²) in [5.74, 6) is 4.03. The number of thioether (sulfide) groups is 1. The summed E-state index contributed by atoms with van der Waals surface area (Å²) in [6.07, 6.45) is 0. The molecule has 0 radical (unpaired) electrons. The summed E-state index contributed by atoms with van der Waals surface area (Å²) in [5.41, 5.74) is 2.70. The number of hydrogen-bond donors (Lipinski definition) is 1. The Hall–Kier alpha value is -1.19. The fraction of sp³-hybridized carbons (Fsp3) is 0.412. The van der Waals surface area contributed by atoms with Crippen LogP contribution in [0, 0.1) is 6.92 Å². The molecule has 0 saturated heterocycles. The van der Waals surface area contributed by atoms with E-state index in [2.05, 4.69) is 62.5 Å². The molecule has 20 heavy (non-hydrogen) atoms. The lowest BCUT2D eigenvalue weighted by Gasteiger charge is -2.05. The normalized spacial score (nSPS) is 11.2. The van der Waals surface area contributed by atoms with Crippen LogP contribution in [0.15, 0.2) is 40.8 Å². The monoisotopic (exact) mass is 289 g/mol. The molecule has 2 rings (SSSR count). The summed E-state index contributed by atoms with van der Waals surface area (Å²) in [7, 11) is 0. The predicted molar refractivity (Wildman–Crippen MR) is 86.9 cm³/mol. The second kappa shape index (κ2) is 7.55. The minimum absolute atomic E-state index is 0.485. The summed E-state index contributed by atoms with van der Waals surface area (Å²) < 4.78 is 5.81. The van der Waals surface area contributed by atoms with E-state index in [4.69, 9.17) is 4.42 Å². The second-order valence-electron chi connectivity index (χ2n) is 5.39. The summed E-state index contributed by atoms with van der Waals surface area (Å²) in [4.78, 5) is 0. The molecule has 0 spiro atoms. The molecule has 2 nitrogen and oxygen atoms in total. The molecule has 3 heteroatoms. The maximum atomic E-state index is 5.81. The lowest BCUT2D eigenvalue weighted by atomic mass is 10.2. The van der Waals surface area contributed by atoms with Crippen molar-refractivity contribution in [3.05, 3.63) is 59.0 Å². The first-order valence-electron chi connectivity index (χ1n) is 7.08. The van der Waals surface area contributed by atoms with E-state index in [0.717, 1.165) is 29.6 Å². The van der Waals surface area contributed by atoms with Gasteiger partial charge < -0.3 is 9.73 Å². The highest BCUT2D eigenvalue weighted by Crippen LogP contribution is 2.20. The van der Waals surface area contributed by atoms with Crippen molar-refractivity contribution in [1.29, 1.82) is 0 Å². The predicted octanol–water partition coefficient (Wildman–Crippen LogP) is 4.52. The Morgan fingerprint density at radius 2 is 1.90 bits per heavy atom. The molecule has 0 aliphatic rings. The molecule has 0 fully saturated rings. The number of aryl methyl sites for hydroxylation is 1. The Labute approximate surface area is 126 Å². The van der Waals surface area contributed by atoms with Gasteiger partial charge in [0.1, 0.15) is 11.5 Å². The molecular formula is C17H23NOS. The van der Waals surface area contributed by atoms with Crippen LogP contribution in [0.4, 0.5) is 0 Å². The van der Waals surface area contributed by atoms with Crippen LogP contribution in [-0.2, 0) is 18.1 Å². The van der Waals surface area contributed by atoms with E-state index in [1.807, 2.05) is 11.8 Å². The van der Waals surface area contributed by atoms with E-state index in [1.165, 1.54) is 11.1 Å². The maximum absolute atomic E-state index is 5.81. The molecule has 1 N–H and O–H groups in total. The highest BCUT2D eigenvalue weighted by molar-refractivity contribution is 7.97. The van der Waals surface area contributed by atoms with Crippen molar-refractivity contribution in [2.75, 3.05) is 0 Å². The minimum Gasteiger partial charge on any atom is -0.464 e. The van der Waals surface area contributed by atoms with E-state index in [0.29, 0.717) is 6.04 Å². The van der Waals surface area contributed by atoms with Crippen LogP contribution < -0.4 is 5.32 Å². The van der Waals surface area contributed by atoms with Gasteiger partial charge in [-0.2, -0.15) is 0 Å². The molecule has 108 valence electrons. The van der Waals surface area contributed by atoms with E-state index >= 15 is 0 Å². The van der Waals surface area contributed by atoms with Crippen LogP contribution in [0.3, 0.4) is 0 Å². The highest BCUT2D eigenvalue weighted by Gasteiger charge is 2.03. The average Bonchev–Trinajstić information content (AvgIpc) is 2.84. The number of hydrogen-bond acceptors (Lipinski definition) is 3. The lowest BCUT2D eigenvalue weighted by Crippen LogP contribution is -2.21. The largest absolute Gasteiger partial charge is 0.464 e. The van der Waals surface area contributed by atoms with Gasteiger partial charge in [-0.3, -0.25) is 0 Å². The van der Waals surface area contributed by atoms with Crippen molar-refractivity contribution in [2.45, 2.75) is 44.9 Å². The highest BCUT2D eigenvalue weighted by atomic mass is 32.2. The third-order valence-electron chi connectivity index (χ3n) is 3.00. The molecule has 0 aliphatic heterocycles. The summed E-state index contributed by atoms with van der Waals surface area (Å²) >= 11 is 1.89. The quantitative estimate of drug-likeness (QED) is 0.811.